The highest BCUT2D eigenvalue weighted by atomic mass is 32.2. The third-order valence-corrected chi connectivity index (χ3v) is 5.93. The average molecular weight is 391 g/mol. The molecule has 0 saturated carbocycles. The lowest BCUT2D eigenvalue weighted by Gasteiger charge is -2.11. The molecule has 27 heavy (non-hydrogen) atoms. The monoisotopic (exact) mass is 391 g/mol. The average Bonchev–Trinajstić information content (AvgIpc) is 3.17. The lowest BCUT2D eigenvalue weighted by atomic mass is 10.1. The van der Waals surface area contributed by atoms with E-state index in [1.807, 2.05) is 0 Å². The summed E-state index contributed by atoms with van der Waals surface area (Å²) in [5.41, 5.74) is 0.255. The molecule has 1 atom stereocenters. The fraction of sp³-hybridized carbons (Fsp3) is 0.316. The molecular weight excluding hydrogens is 369 g/mol. The van der Waals surface area contributed by atoms with Gasteiger partial charge in [-0.2, -0.15) is 0 Å². The van der Waals surface area contributed by atoms with Gasteiger partial charge in [-0.3, -0.25) is 9.52 Å². The van der Waals surface area contributed by atoms with Crippen LogP contribution < -0.4 is 15.4 Å². The molecule has 0 spiro atoms. The topological polar surface area (TPSA) is 87.3 Å². The van der Waals surface area contributed by atoms with Crippen LogP contribution >= 0.6 is 0 Å². The molecule has 1 aliphatic heterocycles. The van der Waals surface area contributed by atoms with Gasteiger partial charge in [0, 0.05) is 12.1 Å². The van der Waals surface area contributed by atoms with Gasteiger partial charge in [0.2, 0.25) is 0 Å². The van der Waals surface area contributed by atoms with Crippen LogP contribution in [0.3, 0.4) is 0 Å². The minimum absolute atomic E-state index is 0.0423. The van der Waals surface area contributed by atoms with Gasteiger partial charge >= 0.3 is 0 Å². The molecule has 1 heterocycles. The molecule has 1 amide bonds. The molecule has 3 rings (SSSR count). The number of carbonyl (C=O) groups is 1. The molecule has 2 aromatic rings. The second-order valence-corrected chi connectivity index (χ2v) is 8.20. The molecule has 0 bridgehead atoms. The first-order chi connectivity index (χ1) is 13.0. The van der Waals surface area contributed by atoms with E-state index in [0.29, 0.717) is 18.0 Å². The van der Waals surface area contributed by atoms with Gasteiger partial charge in [-0.25, -0.2) is 12.8 Å². The van der Waals surface area contributed by atoms with Crippen molar-refractivity contribution in [3.63, 3.8) is 0 Å². The van der Waals surface area contributed by atoms with Crippen LogP contribution in [0.15, 0.2) is 53.4 Å². The highest BCUT2D eigenvalue weighted by molar-refractivity contribution is 7.92. The number of amides is 1. The predicted molar refractivity (Wildman–Crippen MR) is 102 cm³/mol. The van der Waals surface area contributed by atoms with Crippen LogP contribution in [-0.4, -0.2) is 34.0 Å². The largest absolute Gasteiger partial charge is 0.352 e. The van der Waals surface area contributed by atoms with E-state index in [1.165, 1.54) is 48.5 Å². The van der Waals surface area contributed by atoms with Crippen molar-refractivity contribution in [1.82, 2.24) is 10.6 Å². The summed E-state index contributed by atoms with van der Waals surface area (Å²) in [5, 5.41) is 6.13. The Labute approximate surface area is 158 Å². The molecule has 144 valence electrons. The van der Waals surface area contributed by atoms with Gasteiger partial charge in [0.25, 0.3) is 15.9 Å². The third kappa shape index (κ3) is 5.05. The number of benzene rings is 2. The lowest BCUT2D eigenvalue weighted by Crippen LogP contribution is -2.26. The first kappa shape index (κ1) is 19.3. The minimum Gasteiger partial charge on any atom is -0.352 e. The van der Waals surface area contributed by atoms with E-state index in [-0.39, 0.29) is 16.5 Å². The van der Waals surface area contributed by atoms with Crippen molar-refractivity contribution >= 4 is 21.6 Å². The zero-order chi connectivity index (χ0) is 19.3. The summed E-state index contributed by atoms with van der Waals surface area (Å²) in [7, 11) is -3.93. The molecule has 0 aliphatic carbocycles. The Hall–Kier alpha value is -2.45. The third-order valence-electron chi connectivity index (χ3n) is 4.55. The van der Waals surface area contributed by atoms with E-state index in [2.05, 4.69) is 15.4 Å². The lowest BCUT2D eigenvalue weighted by molar-refractivity contribution is 0.0951. The molecule has 0 radical (unpaired) electrons. The van der Waals surface area contributed by atoms with Crippen molar-refractivity contribution in [2.24, 2.45) is 5.92 Å². The van der Waals surface area contributed by atoms with Gasteiger partial charge in [-0.1, -0.05) is 12.1 Å². The van der Waals surface area contributed by atoms with Crippen molar-refractivity contribution in [1.29, 1.82) is 0 Å². The van der Waals surface area contributed by atoms with Crippen molar-refractivity contribution in [2.45, 2.75) is 17.7 Å². The number of rotatable bonds is 7. The molecule has 3 N–H and O–H groups in total. The first-order valence-corrected chi connectivity index (χ1v) is 10.3. The van der Waals surface area contributed by atoms with Gasteiger partial charge in [0.05, 0.1) is 10.6 Å². The summed E-state index contributed by atoms with van der Waals surface area (Å²) in [5.74, 6) is -0.316. The predicted octanol–water partition coefficient (Wildman–Crippen LogP) is 2.36. The number of hydrogen-bond donors (Lipinski definition) is 3. The summed E-state index contributed by atoms with van der Waals surface area (Å²) in [6.45, 7) is 2.59. The maximum absolute atomic E-state index is 13.7. The number of carbonyl (C=O) groups excluding carboxylic acids is 1. The Morgan fingerprint density at radius 2 is 1.89 bits per heavy atom. The number of hydrogen-bond acceptors (Lipinski definition) is 4. The van der Waals surface area contributed by atoms with E-state index >= 15 is 0 Å². The number of halogens is 1. The van der Waals surface area contributed by atoms with Crippen LogP contribution in [0, 0.1) is 11.7 Å². The Kier molecular flexibility index (Phi) is 6.08. The van der Waals surface area contributed by atoms with E-state index in [4.69, 9.17) is 0 Å². The zero-order valence-corrected chi connectivity index (χ0v) is 15.6. The van der Waals surface area contributed by atoms with Crippen LogP contribution in [0.5, 0.6) is 0 Å². The first-order valence-electron chi connectivity index (χ1n) is 8.82. The van der Waals surface area contributed by atoms with Crippen molar-refractivity contribution in [2.75, 3.05) is 24.4 Å². The summed E-state index contributed by atoms with van der Waals surface area (Å²) >= 11 is 0. The Morgan fingerprint density at radius 3 is 2.56 bits per heavy atom. The van der Waals surface area contributed by atoms with E-state index in [9.17, 15) is 17.6 Å². The summed E-state index contributed by atoms with van der Waals surface area (Å²) in [6, 6.07) is 11.1. The molecule has 1 aliphatic rings. The van der Waals surface area contributed by atoms with E-state index < -0.39 is 15.8 Å². The molecule has 2 aromatic carbocycles. The molecule has 6 nitrogen and oxygen atoms in total. The SMILES string of the molecule is O=C(NCCC1CCNC1)c1ccc(S(=O)(=O)Nc2ccccc2F)cc1. The zero-order valence-electron chi connectivity index (χ0n) is 14.7. The van der Waals surface area contributed by atoms with Crippen LogP contribution in [-0.2, 0) is 10.0 Å². The summed E-state index contributed by atoms with van der Waals surface area (Å²) in [6.07, 6.45) is 2.04. The Balaban J connectivity index is 1.60. The van der Waals surface area contributed by atoms with Gasteiger partial charge < -0.3 is 10.6 Å². The highest BCUT2D eigenvalue weighted by Gasteiger charge is 2.17. The maximum atomic E-state index is 13.7. The van der Waals surface area contributed by atoms with E-state index in [1.54, 1.807) is 0 Å². The Bertz CT molecular complexity index is 895. The Morgan fingerprint density at radius 1 is 1.15 bits per heavy atom. The fourth-order valence-corrected chi connectivity index (χ4v) is 4.05. The maximum Gasteiger partial charge on any atom is 0.261 e. The highest BCUT2D eigenvalue weighted by Crippen LogP contribution is 2.19. The molecule has 8 heteroatoms. The number of sulfonamides is 1. The quantitative estimate of drug-likeness (QED) is 0.676. The molecule has 1 unspecified atom stereocenters. The fourth-order valence-electron chi connectivity index (χ4n) is 2.99. The number of anilines is 1. The second kappa shape index (κ2) is 8.49. The molecule has 1 saturated heterocycles. The molecular formula is C19H22FN3O3S. The van der Waals surface area contributed by atoms with Crippen LogP contribution in [0.25, 0.3) is 0 Å². The smallest absolute Gasteiger partial charge is 0.261 e. The second-order valence-electron chi connectivity index (χ2n) is 6.51. The normalized spacial score (nSPS) is 16.9. The standard InChI is InChI=1S/C19H22FN3O3S/c20-17-3-1-2-4-18(17)23-27(25,26)16-7-5-15(6-8-16)19(24)22-12-10-14-9-11-21-13-14/h1-8,14,21,23H,9-13H2,(H,22,24). The van der Waals surface area contributed by atoms with Gasteiger partial charge in [-0.05, 0) is 68.2 Å². The molecule has 0 aromatic heterocycles. The summed E-state index contributed by atoms with van der Waals surface area (Å²) < 4.78 is 40.6. The van der Waals surface area contributed by atoms with Crippen molar-refractivity contribution in [3.8, 4) is 0 Å². The van der Waals surface area contributed by atoms with Gasteiger partial charge in [-0.15, -0.1) is 0 Å². The summed E-state index contributed by atoms with van der Waals surface area (Å²) in [4.78, 5) is 12.1. The van der Waals surface area contributed by atoms with Crippen LogP contribution in [0.1, 0.15) is 23.2 Å². The van der Waals surface area contributed by atoms with E-state index in [0.717, 1.165) is 25.9 Å². The van der Waals surface area contributed by atoms with Crippen molar-refractivity contribution in [3.05, 3.63) is 59.9 Å². The number of para-hydroxylation sites is 1. The van der Waals surface area contributed by atoms with Crippen LogP contribution in [0.2, 0.25) is 0 Å². The van der Waals surface area contributed by atoms with Gasteiger partial charge in [0.1, 0.15) is 5.82 Å². The van der Waals surface area contributed by atoms with Crippen molar-refractivity contribution < 1.29 is 17.6 Å². The minimum atomic E-state index is -3.93. The molecule has 1 fully saturated rings. The van der Waals surface area contributed by atoms with Crippen LogP contribution in [0.4, 0.5) is 10.1 Å². The number of nitrogens with one attached hydrogen (secondary N) is 3. The van der Waals surface area contributed by atoms with Gasteiger partial charge in [0.15, 0.2) is 0 Å².